The molecule has 1 fully saturated rings. The topological polar surface area (TPSA) is 70.6 Å². The molecule has 0 spiro atoms. The second-order valence-corrected chi connectivity index (χ2v) is 4.17. The minimum absolute atomic E-state index is 0.0431. The van der Waals surface area contributed by atoms with Crippen LogP contribution in [0.1, 0.15) is 12.0 Å². The highest BCUT2D eigenvalue weighted by atomic mass is 19.1. The zero-order valence-corrected chi connectivity index (χ0v) is 9.78. The van der Waals surface area contributed by atoms with Gasteiger partial charge < -0.3 is 20.5 Å². The summed E-state index contributed by atoms with van der Waals surface area (Å²) < 4.78 is 18.2. The van der Waals surface area contributed by atoms with E-state index in [1.54, 1.807) is 6.07 Å². The molecule has 0 saturated carbocycles. The van der Waals surface area contributed by atoms with Gasteiger partial charge in [0.05, 0.1) is 12.6 Å². The fourth-order valence-electron chi connectivity index (χ4n) is 1.73. The van der Waals surface area contributed by atoms with Gasteiger partial charge >= 0.3 is 6.03 Å². The molecule has 18 heavy (non-hydrogen) atoms. The Bertz CT molecular complexity index is 433. The van der Waals surface area contributed by atoms with E-state index in [-0.39, 0.29) is 18.6 Å². The van der Waals surface area contributed by atoms with Crippen LogP contribution in [0.25, 0.3) is 0 Å². The summed E-state index contributed by atoms with van der Waals surface area (Å²) in [5.41, 5.74) is 0.586. The standard InChI is InChI=1S/C12H15FN2O3/c13-10-5-8(1-2-11(10)16)6-14-12(17)15-9-3-4-18-7-9/h1-2,5,9,16H,3-4,6-7H2,(H2,14,15,17). The first kappa shape index (κ1) is 12.6. The Morgan fingerprint density at radius 1 is 1.56 bits per heavy atom. The molecule has 1 aromatic rings. The quantitative estimate of drug-likeness (QED) is 0.757. The molecule has 1 unspecified atom stereocenters. The minimum atomic E-state index is -0.695. The lowest BCUT2D eigenvalue weighted by atomic mass is 10.2. The van der Waals surface area contributed by atoms with Crippen molar-refractivity contribution in [2.45, 2.75) is 19.0 Å². The summed E-state index contributed by atoms with van der Waals surface area (Å²) in [5.74, 6) is -1.09. The molecule has 5 nitrogen and oxygen atoms in total. The summed E-state index contributed by atoms with van der Waals surface area (Å²) >= 11 is 0. The second-order valence-electron chi connectivity index (χ2n) is 4.17. The van der Waals surface area contributed by atoms with Crippen molar-refractivity contribution in [1.29, 1.82) is 0 Å². The molecule has 98 valence electrons. The number of rotatable bonds is 3. The van der Waals surface area contributed by atoms with Crippen LogP contribution in [0.4, 0.5) is 9.18 Å². The summed E-state index contributed by atoms with van der Waals surface area (Å²) in [6.07, 6.45) is 0.807. The normalized spacial score (nSPS) is 18.6. The van der Waals surface area contributed by atoms with E-state index in [0.717, 1.165) is 6.42 Å². The van der Waals surface area contributed by atoms with E-state index in [4.69, 9.17) is 9.84 Å². The third kappa shape index (κ3) is 3.33. The Morgan fingerprint density at radius 2 is 2.39 bits per heavy atom. The van der Waals surface area contributed by atoms with Crippen LogP contribution in [0.2, 0.25) is 0 Å². The predicted molar refractivity (Wildman–Crippen MR) is 62.7 cm³/mol. The van der Waals surface area contributed by atoms with Crippen LogP contribution >= 0.6 is 0 Å². The number of nitrogens with one attached hydrogen (secondary N) is 2. The van der Waals surface area contributed by atoms with Crippen molar-refractivity contribution < 1.29 is 19.0 Å². The number of hydrogen-bond donors (Lipinski definition) is 3. The number of ether oxygens (including phenoxy) is 1. The number of phenols is 1. The van der Waals surface area contributed by atoms with Crippen molar-refractivity contribution in [3.05, 3.63) is 29.6 Å². The van der Waals surface area contributed by atoms with Gasteiger partial charge in [-0.1, -0.05) is 6.07 Å². The molecule has 6 heteroatoms. The third-order valence-corrected chi connectivity index (χ3v) is 2.73. The fourth-order valence-corrected chi connectivity index (χ4v) is 1.73. The van der Waals surface area contributed by atoms with Crippen molar-refractivity contribution in [1.82, 2.24) is 10.6 Å². The van der Waals surface area contributed by atoms with Gasteiger partial charge in [-0.3, -0.25) is 0 Å². The van der Waals surface area contributed by atoms with Gasteiger partial charge in [0.1, 0.15) is 0 Å². The van der Waals surface area contributed by atoms with Gasteiger partial charge in [0, 0.05) is 13.2 Å². The molecule has 0 aliphatic carbocycles. The molecule has 1 saturated heterocycles. The smallest absolute Gasteiger partial charge is 0.315 e. The van der Waals surface area contributed by atoms with Crippen LogP contribution in [0, 0.1) is 5.82 Å². The SMILES string of the molecule is O=C(NCc1ccc(O)c(F)c1)NC1CCOC1. The van der Waals surface area contributed by atoms with Crippen LogP contribution in [-0.2, 0) is 11.3 Å². The maximum atomic E-state index is 13.0. The lowest BCUT2D eigenvalue weighted by Gasteiger charge is -2.12. The minimum Gasteiger partial charge on any atom is -0.505 e. The Morgan fingerprint density at radius 3 is 3.06 bits per heavy atom. The molecule has 0 bridgehead atoms. The van der Waals surface area contributed by atoms with E-state index < -0.39 is 11.6 Å². The Hall–Kier alpha value is -1.82. The largest absolute Gasteiger partial charge is 0.505 e. The van der Waals surface area contributed by atoms with Gasteiger partial charge in [-0.25, -0.2) is 9.18 Å². The number of urea groups is 1. The number of phenolic OH excluding ortho intramolecular Hbond substituents is 1. The molecular formula is C12H15FN2O3. The lowest BCUT2D eigenvalue weighted by Crippen LogP contribution is -2.42. The third-order valence-electron chi connectivity index (χ3n) is 2.73. The van der Waals surface area contributed by atoms with E-state index in [9.17, 15) is 9.18 Å². The zero-order valence-electron chi connectivity index (χ0n) is 9.78. The maximum Gasteiger partial charge on any atom is 0.315 e. The average Bonchev–Trinajstić information content (AvgIpc) is 2.83. The molecular weight excluding hydrogens is 239 g/mol. The monoisotopic (exact) mass is 254 g/mol. The molecule has 2 rings (SSSR count). The zero-order chi connectivity index (χ0) is 13.0. The summed E-state index contributed by atoms with van der Waals surface area (Å²) in [5, 5.41) is 14.4. The number of benzene rings is 1. The van der Waals surface area contributed by atoms with E-state index in [1.165, 1.54) is 12.1 Å². The van der Waals surface area contributed by atoms with E-state index in [0.29, 0.717) is 18.8 Å². The van der Waals surface area contributed by atoms with Gasteiger partial charge in [0.15, 0.2) is 11.6 Å². The molecule has 1 aromatic carbocycles. The Labute approximate surface area is 104 Å². The van der Waals surface area contributed by atoms with Crippen LogP contribution in [0.3, 0.4) is 0 Å². The van der Waals surface area contributed by atoms with Gasteiger partial charge in [0.2, 0.25) is 0 Å². The molecule has 0 radical (unpaired) electrons. The van der Waals surface area contributed by atoms with Gasteiger partial charge in [-0.05, 0) is 24.1 Å². The van der Waals surface area contributed by atoms with Crippen molar-refractivity contribution >= 4 is 6.03 Å². The van der Waals surface area contributed by atoms with Crippen LogP contribution in [0.5, 0.6) is 5.75 Å². The number of hydrogen-bond acceptors (Lipinski definition) is 3. The number of halogens is 1. The number of aromatic hydroxyl groups is 1. The molecule has 1 aliphatic rings. The Kier molecular flexibility index (Phi) is 3.99. The van der Waals surface area contributed by atoms with Crippen LogP contribution in [0.15, 0.2) is 18.2 Å². The summed E-state index contributed by atoms with van der Waals surface area (Å²) in [6, 6.07) is 3.74. The maximum absolute atomic E-state index is 13.0. The van der Waals surface area contributed by atoms with Gasteiger partial charge in [0.25, 0.3) is 0 Å². The second kappa shape index (κ2) is 5.68. The first-order valence-corrected chi connectivity index (χ1v) is 5.74. The number of carbonyl (C=O) groups excluding carboxylic acids is 1. The number of amides is 2. The van der Waals surface area contributed by atoms with Crippen molar-refractivity contribution in [2.24, 2.45) is 0 Å². The van der Waals surface area contributed by atoms with Gasteiger partial charge in [-0.2, -0.15) is 0 Å². The highest BCUT2D eigenvalue weighted by Crippen LogP contribution is 2.15. The highest BCUT2D eigenvalue weighted by molar-refractivity contribution is 5.74. The van der Waals surface area contributed by atoms with E-state index in [2.05, 4.69) is 10.6 Å². The van der Waals surface area contributed by atoms with Crippen molar-refractivity contribution in [3.8, 4) is 5.75 Å². The molecule has 0 aromatic heterocycles. The predicted octanol–water partition coefficient (Wildman–Crippen LogP) is 1.12. The molecule has 3 N–H and O–H groups in total. The van der Waals surface area contributed by atoms with Crippen LogP contribution < -0.4 is 10.6 Å². The van der Waals surface area contributed by atoms with E-state index in [1.807, 2.05) is 0 Å². The molecule has 2 amide bonds. The summed E-state index contributed by atoms with van der Waals surface area (Å²) in [4.78, 5) is 11.5. The Balaban J connectivity index is 1.79. The summed E-state index contributed by atoms with van der Waals surface area (Å²) in [6.45, 7) is 1.39. The van der Waals surface area contributed by atoms with Crippen LogP contribution in [-0.4, -0.2) is 30.4 Å². The fraction of sp³-hybridized carbons (Fsp3) is 0.417. The first-order valence-electron chi connectivity index (χ1n) is 5.74. The molecule has 1 atom stereocenters. The molecule has 1 aliphatic heterocycles. The van der Waals surface area contributed by atoms with Crippen molar-refractivity contribution in [2.75, 3.05) is 13.2 Å². The number of carbonyl (C=O) groups is 1. The van der Waals surface area contributed by atoms with E-state index >= 15 is 0 Å². The highest BCUT2D eigenvalue weighted by Gasteiger charge is 2.17. The first-order chi connectivity index (χ1) is 8.65. The summed E-state index contributed by atoms with van der Waals surface area (Å²) in [7, 11) is 0. The van der Waals surface area contributed by atoms with Gasteiger partial charge in [-0.15, -0.1) is 0 Å². The molecule has 1 heterocycles. The average molecular weight is 254 g/mol. The van der Waals surface area contributed by atoms with Crippen molar-refractivity contribution in [3.63, 3.8) is 0 Å². The lowest BCUT2D eigenvalue weighted by molar-refractivity contribution is 0.188.